The molecule has 4 heteroatoms. The van der Waals surface area contributed by atoms with Gasteiger partial charge in [0, 0.05) is 0 Å². The van der Waals surface area contributed by atoms with E-state index in [1.165, 1.54) is 6.07 Å². The molecule has 0 saturated carbocycles. The maximum absolute atomic E-state index is 12.8. The number of benzene rings is 1. The smallest absolute Gasteiger partial charge is 0.416 e. The van der Waals surface area contributed by atoms with Crippen LogP contribution in [0.1, 0.15) is 44.7 Å². The molecule has 0 fully saturated rings. The van der Waals surface area contributed by atoms with Gasteiger partial charge >= 0.3 is 6.18 Å². The molecule has 0 saturated heterocycles. The van der Waals surface area contributed by atoms with E-state index >= 15 is 0 Å². The standard InChI is InChI=1S/C14H19F3O/c1-9(2)8-18-13-6-11(10(3)4)5-12(7-13)14(15,16)17/h5-7,9-10H,8H2,1-4H3. The van der Waals surface area contributed by atoms with Gasteiger partial charge in [-0.15, -0.1) is 0 Å². The zero-order valence-corrected chi connectivity index (χ0v) is 11.1. The summed E-state index contributed by atoms with van der Waals surface area (Å²) in [5.41, 5.74) is -0.00367. The van der Waals surface area contributed by atoms with E-state index in [1.54, 1.807) is 6.07 Å². The molecular weight excluding hydrogens is 241 g/mol. The van der Waals surface area contributed by atoms with Crippen molar-refractivity contribution in [1.82, 2.24) is 0 Å². The van der Waals surface area contributed by atoms with Crippen molar-refractivity contribution in [2.24, 2.45) is 5.92 Å². The lowest BCUT2D eigenvalue weighted by Gasteiger charge is -2.15. The number of alkyl halides is 3. The fraction of sp³-hybridized carbons (Fsp3) is 0.571. The lowest BCUT2D eigenvalue weighted by Crippen LogP contribution is -2.09. The number of halogens is 3. The molecule has 0 amide bonds. The van der Waals surface area contributed by atoms with Gasteiger partial charge in [0.15, 0.2) is 0 Å². The van der Waals surface area contributed by atoms with Crippen molar-refractivity contribution in [3.05, 3.63) is 29.3 Å². The summed E-state index contributed by atoms with van der Waals surface area (Å²) in [4.78, 5) is 0. The minimum absolute atomic E-state index is 0.0358. The quantitative estimate of drug-likeness (QED) is 0.751. The van der Waals surface area contributed by atoms with E-state index in [9.17, 15) is 13.2 Å². The fourth-order valence-electron chi connectivity index (χ4n) is 1.47. The summed E-state index contributed by atoms with van der Waals surface area (Å²) in [6.45, 7) is 8.05. The Morgan fingerprint density at radius 3 is 2.11 bits per heavy atom. The Kier molecular flexibility index (Phi) is 4.65. The predicted molar refractivity (Wildman–Crippen MR) is 65.9 cm³/mol. The van der Waals surface area contributed by atoms with Gasteiger partial charge in [-0.1, -0.05) is 27.7 Å². The van der Waals surface area contributed by atoms with Crippen molar-refractivity contribution >= 4 is 0 Å². The van der Waals surface area contributed by atoms with E-state index in [0.717, 1.165) is 6.07 Å². The predicted octanol–water partition coefficient (Wildman–Crippen LogP) is 4.86. The number of hydrogen-bond acceptors (Lipinski definition) is 1. The minimum atomic E-state index is -4.33. The van der Waals surface area contributed by atoms with Crippen LogP contribution in [0.15, 0.2) is 18.2 Å². The molecule has 0 spiro atoms. The van der Waals surface area contributed by atoms with E-state index in [1.807, 2.05) is 27.7 Å². The molecule has 18 heavy (non-hydrogen) atoms. The summed E-state index contributed by atoms with van der Waals surface area (Å²) in [6.07, 6.45) is -4.33. The average Bonchev–Trinajstić information content (AvgIpc) is 2.24. The Morgan fingerprint density at radius 1 is 1.06 bits per heavy atom. The number of hydrogen-bond donors (Lipinski definition) is 0. The maximum Gasteiger partial charge on any atom is 0.416 e. The van der Waals surface area contributed by atoms with Crippen molar-refractivity contribution in [2.45, 2.75) is 39.8 Å². The van der Waals surface area contributed by atoms with Gasteiger partial charge in [-0.2, -0.15) is 13.2 Å². The first-order valence-corrected chi connectivity index (χ1v) is 6.05. The molecule has 0 bridgehead atoms. The van der Waals surface area contributed by atoms with Crippen molar-refractivity contribution in [2.75, 3.05) is 6.61 Å². The molecule has 1 rings (SSSR count). The van der Waals surface area contributed by atoms with Crippen molar-refractivity contribution in [3.63, 3.8) is 0 Å². The topological polar surface area (TPSA) is 9.23 Å². The number of rotatable bonds is 4. The summed E-state index contributed by atoms with van der Waals surface area (Å²) in [5.74, 6) is 0.609. The molecule has 0 aliphatic carbocycles. The summed E-state index contributed by atoms with van der Waals surface area (Å²) in [5, 5.41) is 0. The highest BCUT2D eigenvalue weighted by molar-refractivity contribution is 5.37. The van der Waals surface area contributed by atoms with E-state index in [4.69, 9.17) is 4.74 Å². The monoisotopic (exact) mass is 260 g/mol. The third kappa shape index (κ3) is 4.24. The SMILES string of the molecule is CC(C)COc1cc(C(C)C)cc(C(F)(F)F)c1. The highest BCUT2D eigenvalue weighted by atomic mass is 19.4. The molecular formula is C14H19F3O. The first-order chi connectivity index (χ1) is 8.20. The molecule has 0 atom stereocenters. The Hall–Kier alpha value is -1.19. The molecule has 1 nitrogen and oxygen atoms in total. The second kappa shape index (κ2) is 5.63. The average molecular weight is 260 g/mol. The van der Waals surface area contributed by atoms with Crippen LogP contribution in [0.3, 0.4) is 0 Å². The molecule has 0 heterocycles. The highest BCUT2D eigenvalue weighted by Crippen LogP contribution is 2.34. The summed E-state index contributed by atoms with van der Waals surface area (Å²) in [7, 11) is 0. The number of ether oxygens (including phenoxy) is 1. The van der Waals surface area contributed by atoms with Crippen LogP contribution in [0.25, 0.3) is 0 Å². The molecule has 0 aromatic heterocycles. The van der Waals surface area contributed by atoms with Crippen LogP contribution in [0.2, 0.25) is 0 Å². The van der Waals surface area contributed by atoms with Gasteiger partial charge < -0.3 is 4.74 Å². The van der Waals surface area contributed by atoms with Crippen molar-refractivity contribution < 1.29 is 17.9 Å². The molecule has 0 aliphatic rings. The van der Waals surface area contributed by atoms with E-state index in [0.29, 0.717) is 17.9 Å². The van der Waals surface area contributed by atoms with Crippen LogP contribution in [0.5, 0.6) is 5.75 Å². The largest absolute Gasteiger partial charge is 0.493 e. The lowest BCUT2D eigenvalue weighted by molar-refractivity contribution is -0.137. The van der Waals surface area contributed by atoms with Gasteiger partial charge in [0.2, 0.25) is 0 Å². The van der Waals surface area contributed by atoms with Crippen molar-refractivity contribution in [3.8, 4) is 5.75 Å². The Morgan fingerprint density at radius 2 is 1.67 bits per heavy atom. The Balaban J connectivity index is 3.06. The summed E-state index contributed by atoms with van der Waals surface area (Å²) < 4.78 is 43.7. The molecule has 1 aromatic rings. The zero-order chi connectivity index (χ0) is 13.9. The van der Waals surface area contributed by atoms with Gasteiger partial charge in [0.05, 0.1) is 12.2 Å². The van der Waals surface area contributed by atoms with Crippen LogP contribution in [0, 0.1) is 5.92 Å². The molecule has 0 unspecified atom stereocenters. The van der Waals surface area contributed by atoms with Gasteiger partial charge in [0.25, 0.3) is 0 Å². The lowest BCUT2D eigenvalue weighted by atomic mass is 10.00. The summed E-state index contributed by atoms with van der Waals surface area (Å²) >= 11 is 0. The minimum Gasteiger partial charge on any atom is -0.493 e. The van der Waals surface area contributed by atoms with Gasteiger partial charge in [-0.05, 0) is 35.6 Å². The molecule has 0 N–H and O–H groups in total. The van der Waals surface area contributed by atoms with Crippen LogP contribution < -0.4 is 4.74 Å². The van der Waals surface area contributed by atoms with E-state index < -0.39 is 11.7 Å². The molecule has 0 aliphatic heterocycles. The van der Waals surface area contributed by atoms with Crippen LogP contribution in [0.4, 0.5) is 13.2 Å². The van der Waals surface area contributed by atoms with Crippen LogP contribution in [-0.2, 0) is 6.18 Å². The highest BCUT2D eigenvalue weighted by Gasteiger charge is 2.31. The second-order valence-corrected chi connectivity index (χ2v) is 5.15. The normalized spacial score (nSPS) is 12.3. The van der Waals surface area contributed by atoms with Crippen molar-refractivity contribution in [1.29, 1.82) is 0 Å². The third-order valence-corrected chi connectivity index (χ3v) is 2.51. The third-order valence-electron chi connectivity index (χ3n) is 2.51. The van der Waals surface area contributed by atoms with E-state index in [2.05, 4.69) is 0 Å². The molecule has 0 radical (unpaired) electrons. The Labute approximate surface area is 106 Å². The van der Waals surface area contributed by atoms with Gasteiger partial charge in [-0.25, -0.2) is 0 Å². The fourth-order valence-corrected chi connectivity index (χ4v) is 1.47. The van der Waals surface area contributed by atoms with Crippen LogP contribution in [-0.4, -0.2) is 6.61 Å². The second-order valence-electron chi connectivity index (χ2n) is 5.15. The molecule has 102 valence electrons. The van der Waals surface area contributed by atoms with Gasteiger partial charge in [0.1, 0.15) is 5.75 Å². The van der Waals surface area contributed by atoms with Crippen LogP contribution >= 0.6 is 0 Å². The molecule has 1 aromatic carbocycles. The Bertz CT molecular complexity index is 395. The maximum atomic E-state index is 12.8. The first kappa shape index (κ1) is 14.9. The zero-order valence-electron chi connectivity index (χ0n) is 11.1. The first-order valence-electron chi connectivity index (χ1n) is 6.05. The van der Waals surface area contributed by atoms with E-state index in [-0.39, 0.29) is 11.8 Å². The van der Waals surface area contributed by atoms with Gasteiger partial charge in [-0.3, -0.25) is 0 Å². The summed E-state index contributed by atoms with van der Waals surface area (Å²) in [6, 6.07) is 3.93.